The van der Waals surface area contributed by atoms with E-state index in [9.17, 15) is 13.2 Å². The quantitative estimate of drug-likeness (QED) is 0.373. The van der Waals surface area contributed by atoms with Gasteiger partial charge in [-0.05, 0) is 48.9 Å². The number of carbonyl (C=O) groups excluding carboxylic acids is 1. The zero-order valence-corrected chi connectivity index (χ0v) is 19.2. The van der Waals surface area contributed by atoms with E-state index >= 15 is 0 Å². The Hall–Kier alpha value is -3.72. The molecule has 0 bridgehead atoms. The Morgan fingerprint density at radius 3 is 2.61 bits per heavy atom. The minimum absolute atomic E-state index is 0.0750. The van der Waals surface area contributed by atoms with Crippen molar-refractivity contribution in [1.82, 2.24) is 14.4 Å². The first-order valence-electron chi connectivity index (χ1n) is 10.5. The lowest BCUT2D eigenvalue weighted by atomic mass is 10.1. The van der Waals surface area contributed by atoms with Gasteiger partial charge in [-0.3, -0.25) is 13.9 Å². The number of hydrogen-bond acceptors (Lipinski definition) is 6. The van der Waals surface area contributed by atoms with Crippen molar-refractivity contribution in [2.45, 2.75) is 19.8 Å². The van der Waals surface area contributed by atoms with Crippen molar-refractivity contribution < 1.29 is 17.9 Å². The van der Waals surface area contributed by atoms with Crippen LogP contribution >= 0.6 is 0 Å². The Labute approximate surface area is 192 Å². The third-order valence-corrected chi connectivity index (χ3v) is 6.57. The number of unbranched alkanes of at least 4 members (excludes halogenated alkanes) is 1. The van der Waals surface area contributed by atoms with E-state index in [0.29, 0.717) is 29.1 Å². The second-order valence-corrected chi connectivity index (χ2v) is 9.37. The van der Waals surface area contributed by atoms with Crippen molar-refractivity contribution in [3.05, 3.63) is 78.4 Å². The number of ketones is 1. The number of hydrogen-bond donors (Lipinski definition) is 1. The van der Waals surface area contributed by atoms with Crippen molar-refractivity contribution >= 4 is 27.1 Å². The van der Waals surface area contributed by atoms with E-state index in [1.165, 1.54) is 0 Å². The van der Waals surface area contributed by atoms with Gasteiger partial charge in [0, 0.05) is 23.0 Å². The minimum Gasteiger partial charge on any atom is -0.497 e. The molecule has 170 valence electrons. The fourth-order valence-corrected chi connectivity index (χ4v) is 4.74. The summed E-state index contributed by atoms with van der Waals surface area (Å²) in [4.78, 5) is 21.7. The van der Waals surface area contributed by atoms with Crippen LogP contribution in [0.3, 0.4) is 0 Å². The fourth-order valence-electron chi connectivity index (χ4n) is 3.48. The molecule has 2 aromatic heterocycles. The summed E-state index contributed by atoms with van der Waals surface area (Å²) in [5, 5.41) is 0. The van der Waals surface area contributed by atoms with Crippen LogP contribution < -0.4 is 9.46 Å². The number of carbonyl (C=O) groups is 1. The Kier molecular flexibility index (Phi) is 6.41. The normalized spacial score (nSPS) is 11.5. The van der Waals surface area contributed by atoms with Gasteiger partial charge in [0.1, 0.15) is 12.1 Å². The van der Waals surface area contributed by atoms with Crippen LogP contribution in [0.1, 0.15) is 35.8 Å². The predicted octanol–water partition coefficient (Wildman–Crippen LogP) is 4.18. The lowest BCUT2D eigenvalue weighted by Gasteiger charge is -2.10. The molecule has 0 atom stereocenters. The molecule has 0 saturated carbocycles. The molecule has 33 heavy (non-hydrogen) atoms. The molecule has 0 aliphatic heterocycles. The summed E-state index contributed by atoms with van der Waals surface area (Å²) in [6, 6.07) is 15.7. The van der Waals surface area contributed by atoms with E-state index in [2.05, 4.69) is 14.7 Å². The second-order valence-electron chi connectivity index (χ2n) is 7.53. The first kappa shape index (κ1) is 22.5. The van der Waals surface area contributed by atoms with E-state index in [1.54, 1.807) is 72.6 Å². The van der Waals surface area contributed by atoms with Crippen LogP contribution in [-0.2, 0) is 10.0 Å². The van der Waals surface area contributed by atoms with Crippen LogP contribution in [0.25, 0.3) is 16.9 Å². The van der Waals surface area contributed by atoms with Crippen molar-refractivity contribution in [2.24, 2.45) is 0 Å². The highest BCUT2D eigenvalue weighted by atomic mass is 32.2. The highest BCUT2D eigenvalue weighted by Crippen LogP contribution is 2.25. The zero-order valence-electron chi connectivity index (χ0n) is 18.4. The van der Waals surface area contributed by atoms with Crippen LogP contribution in [0, 0.1) is 0 Å². The number of anilines is 1. The van der Waals surface area contributed by atoms with E-state index < -0.39 is 10.0 Å². The second kappa shape index (κ2) is 9.41. The summed E-state index contributed by atoms with van der Waals surface area (Å²) in [5.41, 5.74) is 3.10. The first-order valence-corrected chi connectivity index (χ1v) is 12.2. The highest BCUT2D eigenvalue weighted by Gasteiger charge is 2.19. The van der Waals surface area contributed by atoms with Crippen molar-refractivity contribution in [3.63, 3.8) is 0 Å². The van der Waals surface area contributed by atoms with Crippen LogP contribution in [0.15, 0.2) is 67.1 Å². The Morgan fingerprint density at radius 1 is 1.09 bits per heavy atom. The number of nitrogens with one attached hydrogen (secondary N) is 1. The number of benzene rings is 2. The maximum absolute atomic E-state index is 13.0. The maximum Gasteiger partial charge on any atom is 0.232 e. The minimum atomic E-state index is -3.42. The van der Waals surface area contributed by atoms with Gasteiger partial charge in [-0.1, -0.05) is 25.5 Å². The van der Waals surface area contributed by atoms with Crippen LogP contribution in [0.4, 0.5) is 5.69 Å². The summed E-state index contributed by atoms with van der Waals surface area (Å²) in [7, 11) is -1.85. The van der Waals surface area contributed by atoms with E-state index in [0.717, 1.165) is 17.7 Å². The number of imidazole rings is 1. The molecule has 0 aliphatic carbocycles. The van der Waals surface area contributed by atoms with Gasteiger partial charge in [0.05, 0.1) is 18.6 Å². The molecule has 2 aromatic carbocycles. The highest BCUT2D eigenvalue weighted by molar-refractivity contribution is 7.92. The SMILES string of the molecule is CCCCS(=O)(=O)Nc1cccc(-c2ccnc3c(C(=O)c4ccc(OC)cc4)ncn23)c1. The number of nitrogens with zero attached hydrogens (tertiary/aromatic N) is 3. The standard InChI is InChI=1S/C24H24N4O4S/c1-3-4-14-33(30,31)27-19-7-5-6-18(15-19)21-12-13-25-24-22(26-16-28(21)24)23(29)17-8-10-20(32-2)11-9-17/h5-13,15-16,27H,3-4,14H2,1-2H3. The number of ether oxygens (including phenoxy) is 1. The van der Waals surface area contributed by atoms with Gasteiger partial charge in [0.15, 0.2) is 11.3 Å². The summed E-state index contributed by atoms with van der Waals surface area (Å²) in [6.07, 6.45) is 4.55. The van der Waals surface area contributed by atoms with Crippen molar-refractivity contribution in [2.75, 3.05) is 17.6 Å². The summed E-state index contributed by atoms with van der Waals surface area (Å²) in [5.74, 6) is 0.486. The Bertz CT molecular complexity index is 1400. The molecular weight excluding hydrogens is 440 g/mol. The Morgan fingerprint density at radius 2 is 1.88 bits per heavy atom. The lowest BCUT2D eigenvalue weighted by molar-refractivity contribution is 0.103. The molecule has 0 amide bonds. The monoisotopic (exact) mass is 464 g/mol. The summed E-state index contributed by atoms with van der Waals surface area (Å²) >= 11 is 0. The predicted molar refractivity (Wildman–Crippen MR) is 127 cm³/mol. The summed E-state index contributed by atoms with van der Waals surface area (Å²) < 4.78 is 34.1. The molecule has 9 heteroatoms. The Balaban J connectivity index is 1.68. The molecule has 0 unspecified atom stereocenters. The molecule has 2 heterocycles. The molecule has 0 fully saturated rings. The maximum atomic E-state index is 13.0. The van der Waals surface area contributed by atoms with Gasteiger partial charge in [-0.15, -0.1) is 0 Å². The number of fused-ring (bicyclic) bond motifs is 1. The fraction of sp³-hybridized carbons (Fsp3) is 0.208. The van der Waals surface area contributed by atoms with E-state index in [1.807, 2.05) is 13.0 Å². The van der Waals surface area contributed by atoms with Gasteiger partial charge < -0.3 is 4.74 Å². The number of methoxy groups -OCH3 is 1. The third-order valence-electron chi connectivity index (χ3n) is 5.20. The molecule has 4 aromatic rings. The molecule has 4 rings (SSSR count). The van der Waals surface area contributed by atoms with Gasteiger partial charge >= 0.3 is 0 Å². The van der Waals surface area contributed by atoms with Gasteiger partial charge in [0.25, 0.3) is 0 Å². The molecule has 8 nitrogen and oxygen atoms in total. The van der Waals surface area contributed by atoms with Crippen LogP contribution in [-0.4, -0.2) is 41.4 Å². The lowest BCUT2D eigenvalue weighted by Crippen LogP contribution is -2.16. The topological polar surface area (TPSA) is 103 Å². The number of rotatable bonds is 9. The third kappa shape index (κ3) is 4.88. The van der Waals surface area contributed by atoms with Crippen LogP contribution in [0.5, 0.6) is 5.75 Å². The molecular formula is C24H24N4O4S. The van der Waals surface area contributed by atoms with Crippen LogP contribution in [0.2, 0.25) is 0 Å². The van der Waals surface area contributed by atoms with Gasteiger partial charge in [-0.25, -0.2) is 18.4 Å². The zero-order chi connectivity index (χ0) is 23.4. The van der Waals surface area contributed by atoms with Crippen molar-refractivity contribution in [1.29, 1.82) is 0 Å². The van der Waals surface area contributed by atoms with Gasteiger partial charge in [0.2, 0.25) is 15.8 Å². The van der Waals surface area contributed by atoms with E-state index in [4.69, 9.17) is 4.74 Å². The molecule has 1 N–H and O–H groups in total. The molecule has 0 radical (unpaired) electrons. The van der Waals surface area contributed by atoms with Gasteiger partial charge in [-0.2, -0.15) is 0 Å². The average Bonchev–Trinajstić information content (AvgIpc) is 3.26. The molecule has 0 aliphatic rings. The largest absolute Gasteiger partial charge is 0.497 e. The average molecular weight is 465 g/mol. The summed E-state index contributed by atoms with van der Waals surface area (Å²) in [6.45, 7) is 1.95. The van der Waals surface area contributed by atoms with Crippen molar-refractivity contribution in [3.8, 4) is 17.0 Å². The number of sulfonamides is 1. The molecule has 0 spiro atoms. The smallest absolute Gasteiger partial charge is 0.232 e. The first-order chi connectivity index (χ1) is 15.9. The number of aromatic nitrogens is 3. The molecule has 0 saturated heterocycles. The van der Waals surface area contributed by atoms with E-state index in [-0.39, 0.29) is 17.2 Å².